The summed E-state index contributed by atoms with van der Waals surface area (Å²) in [5.74, 6) is 2.06. The molecular formula is C22H24N6O3. The minimum atomic E-state index is -0.520. The lowest BCUT2D eigenvalue weighted by molar-refractivity contribution is -0.0623. The number of anilines is 2. The molecule has 9 nitrogen and oxygen atoms in total. The van der Waals surface area contributed by atoms with Crippen molar-refractivity contribution in [1.29, 1.82) is 0 Å². The van der Waals surface area contributed by atoms with Gasteiger partial charge < -0.3 is 19.9 Å². The molecule has 9 heteroatoms. The number of aliphatic hydroxyl groups excluding tert-OH is 1. The SMILES string of the molecule is Cn1nc(-c2ccccc2)cc1Nc1cc(O[C@@H]2COC[C@H](O)C2)c2cnn(C)c2n1. The van der Waals surface area contributed by atoms with Crippen LogP contribution in [0.15, 0.2) is 48.7 Å². The summed E-state index contributed by atoms with van der Waals surface area (Å²) in [7, 11) is 3.73. The monoisotopic (exact) mass is 420 g/mol. The van der Waals surface area contributed by atoms with Gasteiger partial charge in [0.15, 0.2) is 5.65 Å². The molecule has 0 radical (unpaired) electrons. The van der Waals surface area contributed by atoms with Gasteiger partial charge in [-0.15, -0.1) is 0 Å². The number of hydrogen-bond donors (Lipinski definition) is 2. The largest absolute Gasteiger partial charge is 0.487 e. The second-order valence-electron chi connectivity index (χ2n) is 7.71. The molecule has 2 N–H and O–H groups in total. The molecule has 0 amide bonds. The molecule has 1 aromatic carbocycles. The molecule has 0 spiro atoms. The average molecular weight is 420 g/mol. The summed E-state index contributed by atoms with van der Waals surface area (Å²) < 4.78 is 15.1. The number of aryl methyl sites for hydroxylation is 2. The maximum Gasteiger partial charge on any atom is 0.163 e. The van der Waals surface area contributed by atoms with E-state index >= 15 is 0 Å². The van der Waals surface area contributed by atoms with Crippen LogP contribution < -0.4 is 10.1 Å². The van der Waals surface area contributed by atoms with Crippen LogP contribution in [0, 0.1) is 0 Å². The zero-order valence-corrected chi connectivity index (χ0v) is 17.4. The lowest BCUT2D eigenvalue weighted by Crippen LogP contribution is -2.36. The fraction of sp³-hybridized carbons (Fsp3) is 0.318. The minimum absolute atomic E-state index is 0.233. The Kier molecular flexibility index (Phi) is 5.05. The van der Waals surface area contributed by atoms with Gasteiger partial charge in [0.05, 0.1) is 36.6 Å². The van der Waals surface area contributed by atoms with Crippen molar-refractivity contribution in [3.05, 3.63) is 48.7 Å². The third-order valence-corrected chi connectivity index (χ3v) is 5.32. The maximum absolute atomic E-state index is 9.90. The number of nitrogens with zero attached hydrogens (tertiary/aromatic N) is 5. The normalized spacial score (nSPS) is 18.9. The molecule has 160 valence electrons. The van der Waals surface area contributed by atoms with Crippen LogP contribution in [-0.2, 0) is 18.8 Å². The Labute approximate surface area is 179 Å². The number of hydrogen-bond acceptors (Lipinski definition) is 7. The molecule has 0 bridgehead atoms. The second kappa shape index (κ2) is 8.01. The van der Waals surface area contributed by atoms with Crippen molar-refractivity contribution in [2.45, 2.75) is 18.6 Å². The number of aliphatic hydroxyl groups is 1. The average Bonchev–Trinajstić information content (AvgIpc) is 3.32. The van der Waals surface area contributed by atoms with Crippen LogP contribution in [0.4, 0.5) is 11.6 Å². The first-order chi connectivity index (χ1) is 15.1. The molecule has 0 unspecified atom stereocenters. The Morgan fingerprint density at radius 2 is 1.97 bits per heavy atom. The number of nitrogens with one attached hydrogen (secondary N) is 1. The van der Waals surface area contributed by atoms with E-state index in [0.717, 1.165) is 22.5 Å². The van der Waals surface area contributed by atoms with Crippen LogP contribution in [0.1, 0.15) is 6.42 Å². The molecule has 5 rings (SSSR count). The molecule has 0 aliphatic carbocycles. The van der Waals surface area contributed by atoms with Gasteiger partial charge in [-0.05, 0) is 0 Å². The summed E-state index contributed by atoms with van der Waals surface area (Å²) in [4.78, 5) is 4.71. The molecule has 4 heterocycles. The molecule has 1 aliphatic heterocycles. The van der Waals surface area contributed by atoms with Crippen molar-refractivity contribution in [1.82, 2.24) is 24.5 Å². The molecule has 0 saturated carbocycles. The highest BCUT2D eigenvalue weighted by Crippen LogP contribution is 2.31. The van der Waals surface area contributed by atoms with E-state index in [9.17, 15) is 5.11 Å². The molecule has 2 atom stereocenters. The van der Waals surface area contributed by atoms with Crippen LogP contribution in [0.25, 0.3) is 22.3 Å². The van der Waals surface area contributed by atoms with Gasteiger partial charge in [0, 0.05) is 38.2 Å². The highest BCUT2D eigenvalue weighted by atomic mass is 16.5. The van der Waals surface area contributed by atoms with Gasteiger partial charge in [-0.25, -0.2) is 4.98 Å². The number of ether oxygens (including phenoxy) is 2. The predicted molar refractivity (Wildman–Crippen MR) is 116 cm³/mol. The summed E-state index contributed by atoms with van der Waals surface area (Å²) in [6, 6.07) is 13.8. The fourth-order valence-electron chi connectivity index (χ4n) is 3.75. The third kappa shape index (κ3) is 3.97. The topological polar surface area (TPSA) is 99.3 Å². The van der Waals surface area contributed by atoms with Gasteiger partial charge in [-0.3, -0.25) is 9.36 Å². The van der Waals surface area contributed by atoms with E-state index in [1.165, 1.54) is 0 Å². The van der Waals surface area contributed by atoms with Crippen LogP contribution in [-0.4, -0.2) is 55.1 Å². The van der Waals surface area contributed by atoms with E-state index in [1.807, 2.05) is 56.6 Å². The standard InChI is InChI=1S/C22H24N6O3/c1-27-21(9-18(26-27)14-6-4-3-5-7-14)24-20-10-19(17-11-23-28(2)22(17)25-20)31-16-8-15(29)12-30-13-16/h3-7,9-11,15-16,29H,8,12-13H2,1-2H3,(H,24,25)/t15-,16+/m1/s1. The first kappa shape index (κ1) is 19.5. The van der Waals surface area contributed by atoms with Crippen LogP contribution >= 0.6 is 0 Å². The summed E-state index contributed by atoms with van der Waals surface area (Å²) in [5.41, 5.74) is 2.61. The summed E-state index contributed by atoms with van der Waals surface area (Å²) in [6.07, 6.45) is 1.51. The molecule has 1 aliphatic rings. The fourth-order valence-corrected chi connectivity index (χ4v) is 3.75. The highest BCUT2D eigenvalue weighted by molar-refractivity contribution is 5.84. The number of fused-ring (bicyclic) bond motifs is 1. The van der Waals surface area contributed by atoms with E-state index in [2.05, 4.69) is 15.5 Å². The van der Waals surface area contributed by atoms with Gasteiger partial charge in [0.1, 0.15) is 23.5 Å². The van der Waals surface area contributed by atoms with Crippen LogP contribution in [0.5, 0.6) is 5.75 Å². The highest BCUT2D eigenvalue weighted by Gasteiger charge is 2.24. The molecule has 1 fully saturated rings. The maximum atomic E-state index is 9.90. The number of pyridine rings is 1. The Bertz CT molecular complexity index is 1200. The first-order valence-electron chi connectivity index (χ1n) is 10.2. The van der Waals surface area contributed by atoms with E-state index in [1.54, 1.807) is 15.6 Å². The van der Waals surface area contributed by atoms with E-state index in [4.69, 9.17) is 14.5 Å². The van der Waals surface area contributed by atoms with Crippen LogP contribution in [0.2, 0.25) is 0 Å². The predicted octanol–water partition coefficient (Wildman–Crippen LogP) is 2.64. The van der Waals surface area contributed by atoms with E-state index < -0.39 is 6.10 Å². The van der Waals surface area contributed by atoms with Crippen molar-refractivity contribution >= 4 is 22.7 Å². The third-order valence-electron chi connectivity index (χ3n) is 5.32. The van der Waals surface area contributed by atoms with Gasteiger partial charge in [-0.1, -0.05) is 30.3 Å². The lowest BCUT2D eigenvalue weighted by atomic mass is 10.1. The zero-order valence-electron chi connectivity index (χ0n) is 17.4. The Morgan fingerprint density at radius 1 is 1.13 bits per heavy atom. The zero-order chi connectivity index (χ0) is 21.4. The van der Waals surface area contributed by atoms with Crippen LogP contribution in [0.3, 0.4) is 0 Å². The lowest BCUT2D eigenvalue weighted by Gasteiger charge is -2.27. The molecule has 1 saturated heterocycles. The second-order valence-corrected chi connectivity index (χ2v) is 7.71. The number of aromatic nitrogens is 5. The van der Waals surface area contributed by atoms with Gasteiger partial charge in [0.25, 0.3) is 0 Å². The minimum Gasteiger partial charge on any atom is -0.487 e. The van der Waals surface area contributed by atoms with E-state index in [-0.39, 0.29) is 6.10 Å². The summed E-state index contributed by atoms with van der Waals surface area (Å²) in [5, 5.41) is 23.0. The Morgan fingerprint density at radius 3 is 2.77 bits per heavy atom. The van der Waals surface area contributed by atoms with Crippen molar-refractivity contribution < 1.29 is 14.6 Å². The number of rotatable bonds is 5. The van der Waals surface area contributed by atoms with Crippen molar-refractivity contribution in [2.75, 3.05) is 18.5 Å². The molecular weight excluding hydrogens is 396 g/mol. The van der Waals surface area contributed by atoms with Gasteiger partial charge in [0.2, 0.25) is 0 Å². The van der Waals surface area contributed by atoms with Crippen molar-refractivity contribution in [3.63, 3.8) is 0 Å². The summed E-state index contributed by atoms with van der Waals surface area (Å²) in [6.45, 7) is 0.779. The molecule has 31 heavy (non-hydrogen) atoms. The quantitative estimate of drug-likeness (QED) is 0.512. The first-order valence-corrected chi connectivity index (χ1v) is 10.2. The molecule has 3 aromatic heterocycles. The Hall–Kier alpha value is -3.43. The van der Waals surface area contributed by atoms with Crippen molar-refractivity contribution in [2.24, 2.45) is 14.1 Å². The van der Waals surface area contributed by atoms with E-state index in [0.29, 0.717) is 36.8 Å². The van der Waals surface area contributed by atoms with Gasteiger partial charge >= 0.3 is 0 Å². The van der Waals surface area contributed by atoms with Crippen molar-refractivity contribution in [3.8, 4) is 17.0 Å². The smallest absolute Gasteiger partial charge is 0.163 e. The van der Waals surface area contributed by atoms with Gasteiger partial charge in [-0.2, -0.15) is 10.2 Å². The summed E-state index contributed by atoms with van der Waals surface area (Å²) >= 11 is 0. The number of benzene rings is 1. The molecule has 4 aromatic rings. The Balaban J connectivity index is 1.46.